The molecule has 3 aromatic heterocycles. The number of furan rings is 1. The Morgan fingerprint density at radius 2 is 1.42 bits per heavy atom. The highest BCUT2D eigenvalue weighted by molar-refractivity contribution is 5.91. The molecule has 38 heavy (non-hydrogen) atoms. The van der Waals surface area contributed by atoms with Crippen molar-refractivity contribution in [1.82, 2.24) is 14.9 Å². The van der Waals surface area contributed by atoms with E-state index in [0.29, 0.717) is 25.3 Å². The van der Waals surface area contributed by atoms with E-state index in [0.717, 1.165) is 17.1 Å². The van der Waals surface area contributed by atoms with Crippen molar-refractivity contribution in [3.8, 4) is 0 Å². The van der Waals surface area contributed by atoms with E-state index in [4.69, 9.17) is 4.42 Å². The molecule has 0 radical (unpaired) electrons. The number of hydrogen-bond donors (Lipinski definition) is 0. The highest BCUT2D eigenvalue weighted by Gasteiger charge is 2.37. The Morgan fingerprint density at radius 1 is 0.842 bits per heavy atom. The van der Waals surface area contributed by atoms with Gasteiger partial charge in [0.2, 0.25) is 0 Å². The van der Waals surface area contributed by atoms with Gasteiger partial charge in [-0.15, -0.1) is 0 Å². The molecule has 0 saturated heterocycles. The zero-order valence-corrected chi connectivity index (χ0v) is 23.1. The Kier molecular flexibility index (Phi) is 6.95. The minimum atomic E-state index is -0.169. The van der Waals surface area contributed by atoms with Crippen molar-refractivity contribution in [3.63, 3.8) is 0 Å². The van der Waals surface area contributed by atoms with Crippen molar-refractivity contribution >= 4 is 5.91 Å². The van der Waals surface area contributed by atoms with E-state index in [1.54, 1.807) is 23.4 Å². The monoisotopic (exact) mass is 507 g/mol. The first-order chi connectivity index (χ1) is 18.1. The van der Waals surface area contributed by atoms with Crippen LogP contribution in [0.25, 0.3) is 0 Å². The molecule has 1 aliphatic carbocycles. The fourth-order valence-corrected chi connectivity index (χ4v) is 5.46. The van der Waals surface area contributed by atoms with Gasteiger partial charge in [0, 0.05) is 18.8 Å². The maximum absolute atomic E-state index is 13.6. The average Bonchev–Trinajstić information content (AvgIpc) is 3.37. The van der Waals surface area contributed by atoms with Crippen molar-refractivity contribution in [1.29, 1.82) is 0 Å². The van der Waals surface area contributed by atoms with E-state index in [1.807, 2.05) is 42.5 Å². The Hall–Kier alpha value is -3.73. The number of aromatic nitrogens is 2. The topological polar surface area (TPSA) is 59.2 Å². The van der Waals surface area contributed by atoms with E-state index in [9.17, 15) is 4.79 Å². The molecular weight excluding hydrogens is 470 g/mol. The fourth-order valence-electron chi connectivity index (χ4n) is 5.46. The molecule has 1 amide bonds. The predicted molar refractivity (Wildman–Crippen MR) is 150 cm³/mol. The second kappa shape index (κ2) is 10.2. The molecule has 5 heteroatoms. The second-order valence-electron chi connectivity index (χ2n) is 11.8. The van der Waals surface area contributed by atoms with Crippen LogP contribution in [0.3, 0.4) is 0 Å². The van der Waals surface area contributed by atoms with Crippen molar-refractivity contribution in [2.75, 3.05) is 0 Å². The van der Waals surface area contributed by atoms with Gasteiger partial charge in [-0.05, 0) is 89.2 Å². The second-order valence-corrected chi connectivity index (χ2v) is 11.8. The molecule has 0 saturated carbocycles. The smallest absolute Gasteiger partial charge is 0.290 e. The molecule has 0 spiro atoms. The number of pyridine rings is 2. The van der Waals surface area contributed by atoms with Crippen LogP contribution in [0.1, 0.15) is 90.5 Å². The van der Waals surface area contributed by atoms with E-state index in [-0.39, 0.29) is 16.7 Å². The lowest BCUT2D eigenvalue weighted by molar-refractivity contribution is 0.0691. The van der Waals surface area contributed by atoms with Gasteiger partial charge in [0.05, 0.1) is 24.5 Å². The number of fused-ring (bicyclic) bond motifs is 1. The summed E-state index contributed by atoms with van der Waals surface area (Å²) in [5.74, 6) is 0.960. The Labute approximate surface area is 225 Å². The summed E-state index contributed by atoms with van der Waals surface area (Å²) in [6.45, 7) is 12.3. The Morgan fingerprint density at radius 3 is 1.97 bits per heavy atom. The van der Waals surface area contributed by atoms with Crippen LogP contribution in [0.5, 0.6) is 0 Å². The van der Waals surface area contributed by atoms with E-state index >= 15 is 0 Å². The largest absolute Gasteiger partial charge is 0.456 e. The van der Waals surface area contributed by atoms with Crippen LogP contribution in [-0.2, 0) is 30.3 Å². The van der Waals surface area contributed by atoms with Crippen LogP contribution in [0.4, 0.5) is 0 Å². The van der Waals surface area contributed by atoms with E-state index in [2.05, 4.69) is 56.7 Å². The van der Waals surface area contributed by atoms with Crippen LogP contribution in [0, 0.1) is 6.92 Å². The lowest BCUT2D eigenvalue weighted by Gasteiger charge is -2.42. The molecule has 5 rings (SSSR count). The van der Waals surface area contributed by atoms with Gasteiger partial charge in [0.1, 0.15) is 5.76 Å². The lowest BCUT2D eigenvalue weighted by Crippen LogP contribution is -2.34. The van der Waals surface area contributed by atoms with Crippen LogP contribution in [0.2, 0.25) is 0 Å². The van der Waals surface area contributed by atoms with Crippen molar-refractivity contribution in [3.05, 3.63) is 118 Å². The summed E-state index contributed by atoms with van der Waals surface area (Å²) in [5.41, 5.74) is 7.39. The van der Waals surface area contributed by atoms with Crippen LogP contribution < -0.4 is 0 Å². The van der Waals surface area contributed by atoms with Gasteiger partial charge in [-0.1, -0.05) is 52.0 Å². The zero-order valence-electron chi connectivity index (χ0n) is 23.1. The highest BCUT2D eigenvalue weighted by Crippen LogP contribution is 2.46. The van der Waals surface area contributed by atoms with E-state index in [1.165, 1.54) is 35.1 Å². The third-order valence-corrected chi connectivity index (χ3v) is 7.99. The van der Waals surface area contributed by atoms with Gasteiger partial charge in [-0.2, -0.15) is 0 Å². The first kappa shape index (κ1) is 25.9. The van der Waals surface area contributed by atoms with Gasteiger partial charge >= 0.3 is 0 Å². The first-order valence-corrected chi connectivity index (χ1v) is 13.4. The third-order valence-electron chi connectivity index (χ3n) is 7.99. The fraction of sp³-hybridized carbons (Fsp3) is 0.364. The molecule has 0 bridgehead atoms. The summed E-state index contributed by atoms with van der Waals surface area (Å²) in [5, 5.41) is 0. The maximum atomic E-state index is 13.6. The van der Waals surface area contributed by atoms with Crippen LogP contribution >= 0.6 is 0 Å². The number of amides is 1. The Balaban J connectivity index is 1.40. The SMILES string of the molecule is Cc1cc2c(cc1Cc1ccc(C(=O)N(Cc3ccccn3)Cc3ccccn3)o1)C(C)(C)CCC2(C)C. The lowest BCUT2D eigenvalue weighted by atomic mass is 9.62. The van der Waals surface area contributed by atoms with Gasteiger partial charge in [0.25, 0.3) is 5.91 Å². The van der Waals surface area contributed by atoms with Gasteiger partial charge in [-0.25, -0.2) is 0 Å². The quantitative estimate of drug-likeness (QED) is 0.266. The normalized spacial score (nSPS) is 15.6. The number of benzene rings is 1. The highest BCUT2D eigenvalue weighted by atomic mass is 16.4. The summed E-state index contributed by atoms with van der Waals surface area (Å²) in [7, 11) is 0. The summed E-state index contributed by atoms with van der Waals surface area (Å²) >= 11 is 0. The zero-order chi connectivity index (χ0) is 26.9. The summed E-state index contributed by atoms with van der Waals surface area (Å²) < 4.78 is 6.17. The third kappa shape index (κ3) is 5.42. The molecule has 0 fully saturated rings. The summed E-state index contributed by atoms with van der Waals surface area (Å²) in [6, 6.07) is 19.9. The molecule has 0 unspecified atom stereocenters. The first-order valence-electron chi connectivity index (χ1n) is 13.4. The molecule has 3 heterocycles. The molecule has 4 aromatic rings. The molecule has 1 aromatic carbocycles. The summed E-state index contributed by atoms with van der Waals surface area (Å²) in [4.78, 5) is 24.2. The maximum Gasteiger partial charge on any atom is 0.290 e. The average molecular weight is 508 g/mol. The molecule has 0 N–H and O–H groups in total. The molecule has 1 aliphatic rings. The van der Waals surface area contributed by atoms with Crippen LogP contribution in [-0.4, -0.2) is 20.8 Å². The number of hydrogen-bond acceptors (Lipinski definition) is 4. The van der Waals surface area contributed by atoms with Crippen molar-refractivity contribution < 1.29 is 9.21 Å². The number of aryl methyl sites for hydroxylation is 1. The number of nitrogens with zero attached hydrogens (tertiary/aromatic N) is 3. The summed E-state index contributed by atoms with van der Waals surface area (Å²) in [6.07, 6.45) is 6.52. The molecule has 196 valence electrons. The van der Waals surface area contributed by atoms with E-state index < -0.39 is 0 Å². The minimum absolute atomic E-state index is 0.148. The van der Waals surface area contributed by atoms with Gasteiger partial charge < -0.3 is 9.32 Å². The minimum Gasteiger partial charge on any atom is -0.456 e. The standard InChI is InChI=1S/C33H37N3O2/c1-23-18-28-29(33(4,5)15-14-32(28,2)3)20-24(23)19-27-12-13-30(38-27)31(37)36(21-25-10-6-8-16-34-25)22-26-11-7-9-17-35-26/h6-13,16-18,20H,14-15,19,21-22H2,1-5H3. The number of carbonyl (C=O) groups excluding carboxylic acids is 1. The van der Waals surface area contributed by atoms with Crippen LogP contribution in [0.15, 0.2) is 77.5 Å². The molecule has 0 atom stereocenters. The van der Waals surface area contributed by atoms with Gasteiger partial charge in [-0.3, -0.25) is 14.8 Å². The number of rotatable bonds is 7. The van der Waals surface area contributed by atoms with Gasteiger partial charge in [0.15, 0.2) is 5.76 Å². The molecule has 5 nitrogen and oxygen atoms in total. The van der Waals surface area contributed by atoms with Crippen molar-refractivity contribution in [2.24, 2.45) is 0 Å². The van der Waals surface area contributed by atoms with Crippen molar-refractivity contribution in [2.45, 2.75) is 77.8 Å². The predicted octanol–water partition coefficient (Wildman–Crippen LogP) is 7.16. The molecular formula is C33H37N3O2. The number of carbonyl (C=O) groups is 1. The Bertz CT molecular complexity index is 1380. The molecule has 0 aliphatic heterocycles.